The second-order valence-corrected chi connectivity index (χ2v) is 4.67. The lowest BCUT2D eigenvalue weighted by atomic mass is 10.2. The van der Waals surface area contributed by atoms with Crippen LogP contribution in [0.15, 0.2) is 48.5 Å². The zero-order chi connectivity index (χ0) is 13.7. The first-order chi connectivity index (χ1) is 9.15. The van der Waals surface area contributed by atoms with E-state index in [2.05, 4.69) is 10.6 Å². The van der Waals surface area contributed by atoms with Gasteiger partial charge in [0.05, 0.1) is 0 Å². The van der Waals surface area contributed by atoms with E-state index in [0.29, 0.717) is 11.6 Å². The molecule has 0 bridgehead atoms. The Morgan fingerprint density at radius 2 is 1.79 bits per heavy atom. The monoisotopic (exact) mass is 274 g/mol. The van der Waals surface area contributed by atoms with Gasteiger partial charge in [-0.05, 0) is 30.7 Å². The van der Waals surface area contributed by atoms with E-state index in [1.54, 1.807) is 6.07 Å². The standard InChI is InChI=1S/C15H15ClN2O/c1-11-6-8-13(9-7-11)18-15(19)17-10-12-4-2-3-5-14(12)16/h2-9H,10H2,1H3,(H2,17,18,19). The van der Waals surface area contributed by atoms with Crippen LogP contribution in [0, 0.1) is 6.92 Å². The summed E-state index contributed by atoms with van der Waals surface area (Å²) in [5, 5.41) is 6.19. The SMILES string of the molecule is Cc1ccc(NC(=O)NCc2ccccc2Cl)cc1. The van der Waals surface area contributed by atoms with E-state index in [1.807, 2.05) is 49.4 Å². The van der Waals surface area contributed by atoms with Crippen LogP contribution in [0.4, 0.5) is 10.5 Å². The molecule has 3 nitrogen and oxygen atoms in total. The van der Waals surface area contributed by atoms with Crippen LogP contribution in [0.3, 0.4) is 0 Å². The van der Waals surface area contributed by atoms with Crippen LogP contribution in [0.2, 0.25) is 5.02 Å². The molecule has 2 rings (SSSR count). The summed E-state index contributed by atoms with van der Waals surface area (Å²) in [6, 6.07) is 14.8. The van der Waals surface area contributed by atoms with E-state index in [4.69, 9.17) is 11.6 Å². The highest BCUT2D eigenvalue weighted by atomic mass is 35.5. The zero-order valence-corrected chi connectivity index (χ0v) is 11.4. The summed E-state index contributed by atoms with van der Waals surface area (Å²) in [6.45, 7) is 2.40. The van der Waals surface area contributed by atoms with E-state index in [0.717, 1.165) is 16.8 Å². The number of rotatable bonds is 3. The van der Waals surface area contributed by atoms with Crippen molar-refractivity contribution < 1.29 is 4.79 Å². The zero-order valence-electron chi connectivity index (χ0n) is 10.6. The predicted molar refractivity (Wildman–Crippen MR) is 78.5 cm³/mol. The molecule has 0 heterocycles. The highest BCUT2D eigenvalue weighted by Crippen LogP contribution is 2.14. The molecular formula is C15H15ClN2O. The van der Waals surface area contributed by atoms with Crippen LogP contribution in [-0.2, 0) is 6.54 Å². The van der Waals surface area contributed by atoms with Gasteiger partial charge in [0.25, 0.3) is 0 Å². The van der Waals surface area contributed by atoms with Gasteiger partial charge >= 0.3 is 6.03 Å². The minimum absolute atomic E-state index is 0.247. The molecule has 0 unspecified atom stereocenters. The fourth-order valence-electron chi connectivity index (χ4n) is 1.63. The van der Waals surface area contributed by atoms with Crippen molar-refractivity contribution >= 4 is 23.3 Å². The quantitative estimate of drug-likeness (QED) is 0.874. The third-order valence-electron chi connectivity index (χ3n) is 2.71. The first-order valence-corrected chi connectivity index (χ1v) is 6.38. The fourth-order valence-corrected chi connectivity index (χ4v) is 1.83. The number of nitrogens with one attached hydrogen (secondary N) is 2. The maximum absolute atomic E-state index is 11.7. The Bertz CT molecular complexity index is 567. The van der Waals surface area contributed by atoms with Crippen molar-refractivity contribution in [1.82, 2.24) is 5.32 Å². The number of benzene rings is 2. The molecule has 2 amide bonds. The summed E-state index contributed by atoms with van der Waals surface area (Å²) in [4.78, 5) is 11.7. The molecule has 98 valence electrons. The molecule has 0 atom stereocenters. The lowest BCUT2D eigenvalue weighted by Gasteiger charge is -2.08. The van der Waals surface area contributed by atoms with Gasteiger partial charge in [0.2, 0.25) is 0 Å². The molecular weight excluding hydrogens is 260 g/mol. The highest BCUT2D eigenvalue weighted by molar-refractivity contribution is 6.31. The van der Waals surface area contributed by atoms with Crippen molar-refractivity contribution in [3.63, 3.8) is 0 Å². The lowest BCUT2D eigenvalue weighted by Crippen LogP contribution is -2.28. The summed E-state index contributed by atoms with van der Waals surface area (Å²) in [6.07, 6.45) is 0. The van der Waals surface area contributed by atoms with Crippen molar-refractivity contribution in [3.8, 4) is 0 Å². The molecule has 0 spiro atoms. The average molecular weight is 275 g/mol. The second-order valence-electron chi connectivity index (χ2n) is 4.27. The minimum atomic E-state index is -0.247. The number of aryl methyl sites for hydroxylation is 1. The number of hydrogen-bond donors (Lipinski definition) is 2. The molecule has 0 fully saturated rings. The molecule has 2 aromatic carbocycles. The molecule has 2 N–H and O–H groups in total. The largest absolute Gasteiger partial charge is 0.334 e. The number of halogens is 1. The molecule has 0 aliphatic rings. The number of amides is 2. The molecule has 0 radical (unpaired) electrons. The molecule has 0 aliphatic carbocycles. The molecule has 4 heteroatoms. The van der Waals surface area contributed by atoms with Gasteiger partial charge in [-0.3, -0.25) is 0 Å². The van der Waals surface area contributed by atoms with E-state index < -0.39 is 0 Å². The summed E-state index contributed by atoms with van der Waals surface area (Å²) in [7, 11) is 0. The minimum Gasteiger partial charge on any atom is -0.334 e. The van der Waals surface area contributed by atoms with Gasteiger partial charge in [-0.1, -0.05) is 47.5 Å². The van der Waals surface area contributed by atoms with Crippen molar-refractivity contribution in [2.75, 3.05) is 5.32 Å². The van der Waals surface area contributed by atoms with Gasteiger partial charge in [-0.25, -0.2) is 4.79 Å². The Labute approximate surface area is 117 Å². The van der Waals surface area contributed by atoms with Crippen LogP contribution in [0.5, 0.6) is 0 Å². The summed E-state index contributed by atoms with van der Waals surface area (Å²) in [5.41, 5.74) is 2.81. The first-order valence-electron chi connectivity index (χ1n) is 6.00. The van der Waals surface area contributed by atoms with Crippen molar-refractivity contribution in [1.29, 1.82) is 0 Å². The average Bonchev–Trinajstić information content (AvgIpc) is 2.40. The second kappa shape index (κ2) is 6.25. The number of carbonyl (C=O) groups is 1. The maximum atomic E-state index is 11.7. The van der Waals surface area contributed by atoms with Crippen molar-refractivity contribution in [3.05, 3.63) is 64.7 Å². The number of carbonyl (C=O) groups excluding carboxylic acids is 1. The lowest BCUT2D eigenvalue weighted by molar-refractivity contribution is 0.251. The van der Waals surface area contributed by atoms with Gasteiger partial charge < -0.3 is 10.6 Å². The third kappa shape index (κ3) is 4.00. The summed E-state index contributed by atoms with van der Waals surface area (Å²) < 4.78 is 0. The van der Waals surface area contributed by atoms with Crippen molar-refractivity contribution in [2.24, 2.45) is 0 Å². The number of anilines is 1. The number of urea groups is 1. The molecule has 19 heavy (non-hydrogen) atoms. The maximum Gasteiger partial charge on any atom is 0.319 e. The van der Waals surface area contributed by atoms with E-state index in [1.165, 1.54) is 0 Å². The molecule has 0 aromatic heterocycles. The van der Waals surface area contributed by atoms with Gasteiger partial charge in [-0.15, -0.1) is 0 Å². The van der Waals surface area contributed by atoms with E-state index in [9.17, 15) is 4.79 Å². The number of hydrogen-bond acceptors (Lipinski definition) is 1. The Hall–Kier alpha value is -2.00. The molecule has 0 aliphatic heterocycles. The van der Waals surface area contributed by atoms with Crippen LogP contribution in [0.1, 0.15) is 11.1 Å². The smallest absolute Gasteiger partial charge is 0.319 e. The predicted octanol–water partition coefficient (Wildman–Crippen LogP) is 3.97. The Kier molecular flexibility index (Phi) is 4.42. The van der Waals surface area contributed by atoms with Gasteiger partial charge in [0, 0.05) is 17.3 Å². The van der Waals surface area contributed by atoms with Crippen LogP contribution in [0.25, 0.3) is 0 Å². The first kappa shape index (κ1) is 13.4. The normalized spacial score (nSPS) is 10.0. The van der Waals surface area contributed by atoms with Crippen molar-refractivity contribution in [2.45, 2.75) is 13.5 Å². The Morgan fingerprint density at radius 1 is 1.11 bits per heavy atom. The van der Waals surface area contributed by atoms with Crippen LogP contribution < -0.4 is 10.6 Å². The van der Waals surface area contributed by atoms with Gasteiger partial charge in [0.15, 0.2) is 0 Å². The molecule has 2 aromatic rings. The third-order valence-corrected chi connectivity index (χ3v) is 3.08. The van der Waals surface area contributed by atoms with Gasteiger partial charge in [-0.2, -0.15) is 0 Å². The fraction of sp³-hybridized carbons (Fsp3) is 0.133. The highest BCUT2D eigenvalue weighted by Gasteiger charge is 2.03. The summed E-state index contributed by atoms with van der Waals surface area (Å²) in [5.74, 6) is 0. The van der Waals surface area contributed by atoms with E-state index in [-0.39, 0.29) is 6.03 Å². The van der Waals surface area contributed by atoms with E-state index >= 15 is 0 Å². The molecule has 0 saturated carbocycles. The molecule has 0 saturated heterocycles. The van der Waals surface area contributed by atoms with Gasteiger partial charge in [0.1, 0.15) is 0 Å². The Balaban J connectivity index is 1.88. The van der Waals surface area contributed by atoms with Crippen LogP contribution in [-0.4, -0.2) is 6.03 Å². The van der Waals surface area contributed by atoms with Crippen LogP contribution >= 0.6 is 11.6 Å². The topological polar surface area (TPSA) is 41.1 Å². The Morgan fingerprint density at radius 3 is 2.47 bits per heavy atom. The summed E-state index contributed by atoms with van der Waals surface area (Å²) >= 11 is 6.01.